The number of carbonyl (C=O) groups excluding carboxylic acids is 1. The predicted molar refractivity (Wildman–Crippen MR) is 80.0 cm³/mol. The lowest BCUT2D eigenvalue weighted by atomic mass is 10.1. The van der Waals surface area contributed by atoms with Crippen LogP contribution in [0.2, 0.25) is 0 Å². The highest BCUT2D eigenvalue weighted by Gasteiger charge is 2.19. The second-order valence-corrected chi connectivity index (χ2v) is 4.98. The third-order valence-corrected chi connectivity index (χ3v) is 3.51. The molecule has 2 aromatic carbocycles. The van der Waals surface area contributed by atoms with Gasteiger partial charge < -0.3 is 4.90 Å². The lowest BCUT2D eigenvalue weighted by Gasteiger charge is -2.17. The molecule has 0 bridgehead atoms. The van der Waals surface area contributed by atoms with Crippen LogP contribution in [0, 0.1) is 10.1 Å². The first-order valence-corrected chi connectivity index (χ1v) is 6.57. The van der Waals surface area contributed by atoms with Gasteiger partial charge in [0.05, 0.1) is 9.40 Å². The van der Waals surface area contributed by atoms with Gasteiger partial charge in [0.15, 0.2) is 0 Å². The summed E-state index contributed by atoms with van der Waals surface area (Å²) in [5.41, 5.74) is 0.867. The molecule has 0 spiro atoms. The number of halogens is 1. The minimum atomic E-state index is -0.524. The number of nitro groups is 1. The van der Waals surface area contributed by atoms with E-state index in [0.717, 1.165) is 5.69 Å². The molecule has 2 aromatic rings. The maximum Gasteiger partial charge on any atom is 0.284 e. The molecular weight excluding hydrogens is 324 g/mol. The Balaban J connectivity index is 2.34. The van der Waals surface area contributed by atoms with Gasteiger partial charge in [0.1, 0.15) is 0 Å². The van der Waals surface area contributed by atoms with Crippen molar-refractivity contribution >= 4 is 33.2 Å². The predicted octanol–water partition coefficient (Wildman–Crippen LogP) is 3.63. The van der Waals surface area contributed by atoms with Crippen LogP contribution in [-0.2, 0) is 0 Å². The smallest absolute Gasteiger partial charge is 0.284 e. The molecule has 0 atom stereocenters. The highest BCUT2D eigenvalue weighted by Crippen LogP contribution is 2.26. The molecule has 5 nitrogen and oxygen atoms in total. The first-order valence-electron chi connectivity index (χ1n) is 5.78. The van der Waals surface area contributed by atoms with Gasteiger partial charge >= 0.3 is 0 Å². The molecule has 0 radical (unpaired) electrons. The number of nitro benzene ring substituents is 1. The zero-order valence-corrected chi connectivity index (χ0v) is 12.2. The number of benzene rings is 2. The van der Waals surface area contributed by atoms with E-state index in [9.17, 15) is 14.9 Å². The third kappa shape index (κ3) is 2.85. The van der Waals surface area contributed by atoms with Crippen LogP contribution >= 0.6 is 15.9 Å². The standard InChI is InChI=1S/C14H11BrN2O3/c1-16(11-5-3-2-4-6-11)14(18)10-7-8-12(15)13(9-10)17(19)20/h2-9H,1H3. The van der Waals surface area contributed by atoms with Gasteiger partial charge in [-0.2, -0.15) is 0 Å². The van der Waals surface area contributed by atoms with Crippen molar-refractivity contribution in [2.45, 2.75) is 0 Å². The number of hydrogen-bond donors (Lipinski definition) is 0. The summed E-state index contributed by atoms with van der Waals surface area (Å²) in [5.74, 6) is -0.299. The van der Waals surface area contributed by atoms with Crippen LogP contribution in [0.15, 0.2) is 53.0 Å². The summed E-state index contributed by atoms with van der Waals surface area (Å²) >= 11 is 3.10. The lowest BCUT2D eigenvalue weighted by molar-refractivity contribution is -0.385. The molecule has 0 N–H and O–H groups in total. The van der Waals surface area contributed by atoms with Crippen LogP contribution < -0.4 is 4.90 Å². The van der Waals surface area contributed by atoms with E-state index in [-0.39, 0.29) is 17.2 Å². The first kappa shape index (κ1) is 14.2. The minimum Gasteiger partial charge on any atom is -0.311 e. The summed E-state index contributed by atoms with van der Waals surface area (Å²) in [7, 11) is 1.63. The fraction of sp³-hybridized carbons (Fsp3) is 0.0714. The van der Waals surface area contributed by atoms with Crippen LogP contribution in [-0.4, -0.2) is 17.9 Å². The number of rotatable bonds is 3. The van der Waals surface area contributed by atoms with Gasteiger partial charge in [-0.05, 0) is 40.2 Å². The topological polar surface area (TPSA) is 63.5 Å². The van der Waals surface area contributed by atoms with Gasteiger partial charge in [-0.25, -0.2) is 0 Å². The van der Waals surface area contributed by atoms with Gasteiger partial charge in [-0.3, -0.25) is 14.9 Å². The molecule has 0 saturated carbocycles. The van der Waals surface area contributed by atoms with Gasteiger partial charge in [0.2, 0.25) is 0 Å². The van der Waals surface area contributed by atoms with Gasteiger partial charge in [-0.15, -0.1) is 0 Å². The van der Waals surface area contributed by atoms with Crippen molar-refractivity contribution in [2.75, 3.05) is 11.9 Å². The van der Waals surface area contributed by atoms with E-state index in [1.54, 1.807) is 25.2 Å². The molecule has 1 amide bonds. The highest BCUT2D eigenvalue weighted by molar-refractivity contribution is 9.10. The second kappa shape index (κ2) is 5.83. The van der Waals surface area contributed by atoms with Crippen LogP contribution in [0.1, 0.15) is 10.4 Å². The van der Waals surface area contributed by atoms with Crippen molar-refractivity contribution in [3.63, 3.8) is 0 Å². The van der Waals surface area contributed by atoms with Crippen molar-refractivity contribution in [2.24, 2.45) is 0 Å². The second-order valence-electron chi connectivity index (χ2n) is 4.12. The van der Waals surface area contributed by atoms with Gasteiger partial charge in [0.25, 0.3) is 11.6 Å². The normalized spacial score (nSPS) is 10.1. The number of anilines is 1. The molecule has 0 unspecified atom stereocenters. The third-order valence-electron chi connectivity index (χ3n) is 2.84. The summed E-state index contributed by atoms with van der Waals surface area (Å²) in [6, 6.07) is 13.4. The molecule has 0 aliphatic heterocycles. The average molecular weight is 335 g/mol. The summed E-state index contributed by atoms with van der Waals surface area (Å²) in [4.78, 5) is 24.1. The molecule has 20 heavy (non-hydrogen) atoms. The van der Waals surface area contributed by atoms with E-state index in [0.29, 0.717) is 4.47 Å². The highest BCUT2D eigenvalue weighted by atomic mass is 79.9. The summed E-state index contributed by atoms with van der Waals surface area (Å²) in [6.45, 7) is 0. The Bertz CT molecular complexity index is 659. The molecule has 0 aliphatic rings. The quantitative estimate of drug-likeness (QED) is 0.635. The fourth-order valence-corrected chi connectivity index (χ4v) is 2.14. The van der Waals surface area contributed by atoms with E-state index < -0.39 is 4.92 Å². The van der Waals surface area contributed by atoms with E-state index in [2.05, 4.69) is 15.9 Å². The Morgan fingerprint density at radius 3 is 2.45 bits per heavy atom. The molecule has 0 saturated heterocycles. The largest absolute Gasteiger partial charge is 0.311 e. The van der Waals surface area contributed by atoms with Crippen molar-refractivity contribution in [3.05, 3.63) is 68.7 Å². The molecule has 0 aromatic heterocycles. The Hall–Kier alpha value is -2.21. The van der Waals surface area contributed by atoms with Crippen LogP contribution in [0.3, 0.4) is 0 Å². The average Bonchev–Trinajstić information content (AvgIpc) is 2.47. The summed E-state index contributed by atoms with van der Waals surface area (Å²) in [6.07, 6.45) is 0. The number of carbonyl (C=O) groups is 1. The fourth-order valence-electron chi connectivity index (χ4n) is 1.75. The van der Waals surface area contributed by atoms with E-state index >= 15 is 0 Å². The molecule has 102 valence electrons. The number of hydrogen-bond acceptors (Lipinski definition) is 3. The number of nitrogens with zero attached hydrogens (tertiary/aromatic N) is 2. The Kier molecular flexibility index (Phi) is 4.14. The van der Waals surface area contributed by atoms with Gasteiger partial charge in [0, 0.05) is 24.4 Å². The maximum absolute atomic E-state index is 12.3. The Morgan fingerprint density at radius 2 is 1.85 bits per heavy atom. The van der Waals surface area contributed by atoms with Crippen molar-refractivity contribution in [1.82, 2.24) is 0 Å². The van der Waals surface area contributed by atoms with E-state index in [1.165, 1.54) is 17.0 Å². The molecule has 0 heterocycles. The van der Waals surface area contributed by atoms with E-state index in [1.807, 2.05) is 18.2 Å². The summed E-state index contributed by atoms with van der Waals surface area (Å²) in [5, 5.41) is 10.9. The number of para-hydroxylation sites is 1. The first-order chi connectivity index (χ1) is 9.50. The molecular formula is C14H11BrN2O3. The zero-order valence-electron chi connectivity index (χ0n) is 10.6. The number of amides is 1. The SMILES string of the molecule is CN(C(=O)c1ccc(Br)c([N+](=O)[O-])c1)c1ccccc1. The van der Waals surface area contributed by atoms with E-state index in [4.69, 9.17) is 0 Å². The summed E-state index contributed by atoms with van der Waals surface area (Å²) < 4.78 is 0.349. The molecule has 0 fully saturated rings. The lowest BCUT2D eigenvalue weighted by Crippen LogP contribution is -2.26. The monoisotopic (exact) mass is 334 g/mol. The Labute approximate surface area is 124 Å². The van der Waals surface area contributed by atoms with Crippen LogP contribution in [0.5, 0.6) is 0 Å². The molecule has 0 aliphatic carbocycles. The van der Waals surface area contributed by atoms with Crippen LogP contribution in [0.25, 0.3) is 0 Å². The van der Waals surface area contributed by atoms with Gasteiger partial charge in [-0.1, -0.05) is 18.2 Å². The maximum atomic E-state index is 12.3. The molecule has 2 rings (SSSR count). The Morgan fingerprint density at radius 1 is 1.20 bits per heavy atom. The van der Waals surface area contributed by atoms with Crippen molar-refractivity contribution in [3.8, 4) is 0 Å². The van der Waals surface area contributed by atoms with Crippen LogP contribution in [0.4, 0.5) is 11.4 Å². The zero-order chi connectivity index (χ0) is 14.7. The minimum absolute atomic E-state index is 0.127. The van der Waals surface area contributed by atoms with Crippen molar-refractivity contribution < 1.29 is 9.72 Å². The molecule has 6 heteroatoms. The van der Waals surface area contributed by atoms with Crippen molar-refractivity contribution in [1.29, 1.82) is 0 Å².